The minimum Gasteiger partial charge on any atom is -0.392 e. The average Bonchev–Trinajstić information content (AvgIpc) is 3.37. The van der Waals surface area contributed by atoms with E-state index < -0.39 is 26.9 Å². The van der Waals surface area contributed by atoms with Crippen LogP contribution in [0.15, 0.2) is 34.9 Å². The number of nitro groups is 1. The molecule has 0 aliphatic carbocycles. The Morgan fingerprint density at radius 3 is 2.56 bits per heavy atom. The molecule has 2 saturated heterocycles. The van der Waals surface area contributed by atoms with Gasteiger partial charge < -0.3 is 10.0 Å². The molecule has 0 radical (unpaired) electrons. The Morgan fingerprint density at radius 2 is 2.00 bits per heavy atom. The number of amides is 1. The maximum absolute atomic E-state index is 13.1. The number of hydrogen-bond donors (Lipinski definition) is 2. The number of aliphatic hydroxyl groups excluding tert-OH is 1. The van der Waals surface area contributed by atoms with E-state index in [-0.39, 0.29) is 11.6 Å². The second kappa shape index (κ2) is 9.17. The van der Waals surface area contributed by atoms with Gasteiger partial charge in [0, 0.05) is 30.0 Å². The number of aliphatic hydroxyl groups is 1. The molecule has 32 heavy (non-hydrogen) atoms. The third kappa shape index (κ3) is 3.98. The third-order valence-corrected chi connectivity index (χ3v) is 8.39. The lowest BCUT2D eigenvalue weighted by atomic mass is 9.77. The second-order valence-corrected chi connectivity index (χ2v) is 10.4. The van der Waals surface area contributed by atoms with Crippen LogP contribution in [0, 0.1) is 16.0 Å². The van der Waals surface area contributed by atoms with Gasteiger partial charge in [-0.3, -0.25) is 24.6 Å². The van der Waals surface area contributed by atoms with E-state index in [1.165, 1.54) is 41.6 Å². The van der Waals surface area contributed by atoms with Gasteiger partial charge in [0.2, 0.25) is 11.0 Å². The molecule has 172 valence electrons. The van der Waals surface area contributed by atoms with Gasteiger partial charge in [0.05, 0.1) is 16.9 Å². The van der Waals surface area contributed by atoms with Gasteiger partial charge >= 0.3 is 0 Å². The van der Waals surface area contributed by atoms with Crippen molar-refractivity contribution in [3.8, 4) is 0 Å². The molecule has 10 heteroatoms. The predicted octanol–water partition coefficient (Wildman–Crippen LogP) is 2.96. The number of β-lactam (4-membered cyclic amide) rings is 1. The maximum Gasteiger partial charge on any atom is 0.269 e. The van der Waals surface area contributed by atoms with Crippen molar-refractivity contribution in [2.24, 2.45) is 5.92 Å². The lowest BCUT2D eigenvalue weighted by Gasteiger charge is -2.55. The number of likely N-dealkylation sites (tertiary alicyclic amines) is 1. The van der Waals surface area contributed by atoms with E-state index in [0.717, 1.165) is 30.1 Å². The Morgan fingerprint density at radius 1 is 1.34 bits per heavy atom. The summed E-state index contributed by atoms with van der Waals surface area (Å²) in [4.78, 5) is 40.1. The second-order valence-electron chi connectivity index (χ2n) is 8.55. The summed E-state index contributed by atoms with van der Waals surface area (Å²) in [7, 11) is 0. The third-order valence-electron chi connectivity index (χ3n) is 6.60. The quantitative estimate of drug-likeness (QED) is 0.244. The van der Waals surface area contributed by atoms with Crippen LogP contribution < -0.4 is 0 Å². The molecular weight excluding hydrogens is 450 g/mol. The summed E-state index contributed by atoms with van der Waals surface area (Å²) < 4.78 is 0. The van der Waals surface area contributed by atoms with Crippen LogP contribution in [0.5, 0.6) is 0 Å². The fourth-order valence-electron chi connectivity index (χ4n) is 4.99. The van der Waals surface area contributed by atoms with Gasteiger partial charge in [0.25, 0.3) is 5.69 Å². The van der Waals surface area contributed by atoms with Crippen molar-refractivity contribution in [2.75, 3.05) is 19.6 Å². The van der Waals surface area contributed by atoms with Crippen LogP contribution in [-0.4, -0.2) is 61.5 Å². The van der Waals surface area contributed by atoms with Crippen molar-refractivity contribution in [2.45, 2.75) is 50.0 Å². The number of nitro benzene ring substituents is 1. The summed E-state index contributed by atoms with van der Waals surface area (Å²) in [5, 5.41) is 21.2. The number of fused-ring (bicyclic) bond motifs is 1. The van der Waals surface area contributed by atoms with Crippen LogP contribution in [0.25, 0.3) is 0 Å². The molecule has 8 nitrogen and oxygen atoms in total. The standard InChI is InChI=1S/C22H27N3O5S2/c1-2-16(26)18-20(27)24-19(21(28)31)17(9-12-23-10-3-4-11-23)32-22(18,24)13-14-5-7-15(8-6-14)25(29)30/h5-8,16,18,26H,2-4,9-13H2,1H3,(H,28,31)/t16-,18+,22+/m0/s1. The summed E-state index contributed by atoms with van der Waals surface area (Å²) in [5.41, 5.74) is 1.12. The number of nitrogens with zero attached hydrogens (tertiary/aromatic N) is 3. The number of hydrogen-bond acceptors (Lipinski definition) is 7. The number of carbonyl (C=O) groups is 2. The number of rotatable bonds is 9. The van der Waals surface area contributed by atoms with E-state index in [9.17, 15) is 24.8 Å². The molecule has 3 atom stereocenters. The monoisotopic (exact) mass is 477 g/mol. The highest BCUT2D eigenvalue weighted by Gasteiger charge is 2.68. The van der Waals surface area contributed by atoms with Crippen molar-refractivity contribution in [1.82, 2.24) is 9.80 Å². The first-order valence-electron chi connectivity index (χ1n) is 10.9. The zero-order valence-electron chi connectivity index (χ0n) is 17.9. The highest BCUT2D eigenvalue weighted by atomic mass is 32.2. The first-order chi connectivity index (χ1) is 15.3. The molecule has 0 aromatic heterocycles. The van der Waals surface area contributed by atoms with Crippen LogP contribution in [0.4, 0.5) is 5.69 Å². The maximum atomic E-state index is 13.1. The zero-order chi connectivity index (χ0) is 23.0. The van der Waals surface area contributed by atoms with E-state index in [2.05, 4.69) is 17.5 Å². The summed E-state index contributed by atoms with van der Waals surface area (Å²) in [6, 6.07) is 6.23. The molecule has 3 heterocycles. The van der Waals surface area contributed by atoms with Crippen molar-refractivity contribution >= 4 is 41.1 Å². The van der Waals surface area contributed by atoms with Gasteiger partial charge in [-0.2, -0.15) is 0 Å². The first-order valence-corrected chi connectivity index (χ1v) is 12.2. The molecule has 0 unspecified atom stereocenters. The largest absolute Gasteiger partial charge is 0.392 e. The molecule has 3 aliphatic heterocycles. The topological polar surface area (TPSA) is 104 Å². The highest BCUT2D eigenvalue weighted by molar-refractivity contribution is 8.05. The first kappa shape index (κ1) is 23.3. The van der Waals surface area contributed by atoms with Crippen LogP contribution in [0.3, 0.4) is 0 Å². The Bertz CT molecular complexity index is 961. The van der Waals surface area contributed by atoms with Crippen LogP contribution >= 0.6 is 24.4 Å². The molecule has 0 saturated carbocycles. The van der Waals surface area contributed by atoms with Gasteiger partial charge in [-0.1, -0.05) is 43.4 Å². The van der Waals surface area contributed by atoms with Crippen LogP contribution in [0.1, 0.15) is 38.2 Å². The molecule has 1 amide bonds. The Labute approximate surface area is 196 Å². The molecule has 2 fully saturated rings. The van der Waals surface area contributed by atoms with Gasteiger partial charge in [-0.05, 0) is 44.3 Å². The van der Waals surface area contributed by atoms with Gasteiger partial charge in [0.15, 0.2) is 0 Å². The fourth-order valence-corrected chi connectivity index (χ4v) is 7.10. The summed E-state index contributed by atoms with van der Waals surface area (Å²) >= 11 is 5.56. The van der Waals surface area contributed by atoms with E-state index in [0.29, 0.717) is 25.0 Å². The molecule has 3 aliphatic rings. The molecular formula is C22H27N3O5S2. The molecule has 1 aromatic rings. The summed E-state index contributed by atoms with van der Waals surface area (Å²) in [6.07, 6.45) is 2.95. The number of non-ortho nitro benzene ring substituents is 1. The number of carbonyl (C=O) groups excluding carboxylic acids is 2. The highest BCUT2D eigenvalue weighted by Crippen LogP contribution is 2.61. The molecule has 1 N–H and O–H groups in total. The van der Waals surface area contributed by atoms with Crippen LogP contribution in [0.2, 0.25) is 0 Å². The van der Waals surface area contributed by atoms with Gasteiger partial charge in [-0.15, -0.1) is 0 Å². The van der Waals surface area contributed by atoms with Crippen molar-refractivity contribution in [3.05, 3.63) is 50.5 Å². The summed E-state index contributed by atoms with van der Waals surface area (Å²) in [5.74, 6) is -0.915. The normalized spacial score (nSPS) is 26.3. The lowest BCUT2D eigenvalue weighted by Crippen LogP contribution is -2.71. The van der Waals surface area contributed by atoms with Gasteiger partial charge in [0.1, 0.15) is 10.6 Å². The fraction of sp³-hybridized carbons (Fsp3) is 0.545. The smallest absolute Gasteiger partial charge is 0.269 e. The predicted molar refractivity (Wildman–Crippen MR) is 125 cm³/mol. The molecule has 1 aromatic carbocycles. The van der Waals surface area contributed by atoms with Crippen molar-refractivity contribution in [1.29, 1.82) is 0 Å². The van der Waals surface area contributed by atoms with Crippen LogP contribution in [-0.2, 0) is 16.0 Å². The molecule has 0 bridgehead atoms. The molecule has 0 spiro atoms. The number of thiol groups is 1. The van der Waals surface area contributed by atoms with E-state index in [4.69, 9.17) is 0 Å². The number of thioether (sulfide) groups is 1. The Balaban J connectivity index is 1.65. The zero-order valence-corrected chi connectivity index (χ0v) is 19.6. The molecule has 4 rings (SSSR count). The SMILES string of the molecule is CC[C@H](O)[C@@H]1C(=O)N2C(C(=O)S)=C(CCN3CCCC3)S[C@]12Cc1ccc([N+](=O)[O-])cc1. The van der Waals surface area contributed by atoms with E-state index >= 15 is 0 Å². The van der Waals surface area contributed by atoms with Crippen molar-refractivity contribution < 1.29 is 19.6 Å². The average molecular weight is 478 g/mol. The Kier molecular flexibility index (Phi) is 6.67. The number of benzene rings is 1. The minimum atomic E-state index is -0.835. The minimum absolute atomic E-state index is 0.00679. The van der Waals surface area contributed by atoms with Crippen molar-refractivity contribution in [3.63, 3.8) is 0 Å². The lowest BCUT2D eigenvalue weighted by molar-refractivity contribution is -0.384. The Hall–Kier alpha value is -1.88. The van der Waals surface area contributed by atoms with Gasteiger partial charge in [-0.25, -0.2) is 0 Å². The summed E-state index contributed by atoms with van der Waals surface area (Å²) in [6.45, 7) is 4.71. The van der Waals surface area contributed by atoms with E-state index in [1.54, 1.807) is 12.1 Å². The van der Waals surface area contributed by atoms with E-state index in [1.807, 2.05) is 6.92 Å².